The maximum Gasteiger partial charge on any atom is 0.291 e. The molecular formula is H2N2O4Ru. The van der Waals surface area contributed by atoms with Crippen molar-refractivity contribution in [1.29, 1.82) is 5.59 Å². The van der Waals surface area contributed by atoms with Crippen molar-refractivity contribution in [3.05, 3.63) is 15.0 Å². The molecule has 0 aromatic rings. The van der Waals surface area contributed by atoms with Gasteiger partial charge in [-0.3, -0.25) is 0 Å². The minimum absolute atomic E-state index is 0. The Morgan fingerprint density at radius 2 is 1.57 bits per heavy atom. The van der Waals surface area contributed by atoms with E-state index in [9.17, 15) is 0 Å². The maximum atomic E-state index is 8.36. The van der Waals surface area contributed by atoms with Crippen LogP contribution < -0.4 is 0 Å². The first-order chi connectivity index (χ1) is 2.73. The second-order valence-electron chi connectivity index (χ2n) is 0.238. The van der Waals surface area contributed by atoms with E-state index >= 15 is 0 Å². The molecule has 0 spiro atoms. The molecule has 0 saturated carbocycles. The summed E-state index contributed by atoms with van der Waals surface area (Å²) < 4.78 is 0. The second kappa shape index (κ2) is 18.1. The molecule has 0 saturated heterocycles. The molecule has 7 heavy (non-hydrogen) atoms. The van der Waals surface area contributed by atoms with Crippen molar-refractivity contribution < 1.29 is 29.8 Å². The molecule has 6 nitrogen and oxygen atoms in total. The van der Waals surface area contributed by atoms with Crippen LogP contribution in [0.4, 0.5) is 0 Å². The van der Waals surface area contributed by atoms with E-state index < -0.39 is 5.09 Å². The predicted molar refractivity (Wildman–Crippen MR) is 14.9 cm³/mol. The van der Waals surface area contributed by atoms with Crippen LogP contribution in [0, 0.1) is 20.6 Å². The molecule has 0 aromatic carbocycles. The number of rotatable bonds is 0. The second-order valence-corrected chi connectivity index (χ2v) is 0.238. The Kier molecular flexibility index (Phi) is 41.6. The Morgan fingerprint density at radius 1 is 1.57 bits per heavy atom. The standard InChI is InChI=1S/HNO3.HNO.Ru/c2-1(3)4;1-2;/h(H,2,3,4);1H;. The van der Waals surface area contributed by atoms with Crippen LogP contribution >= 0.6 is 0 Å². The topological polar surface area (TPSA) is 104 Å². The summed E-state index contributed by atoms with van der Waals surface area (Å²) in [6.07, 6.45) is 0. The zero-order valence-electron chi connectivity index (χ0n) is 2.97. The molecule has 0 aliphatic carbocycles. The smallest absolute Gasteiger partial charge is 0.291 e. The summed E-state index contributed by atoms with van der Waals surface area (Å²) in [5.74, 6) is 0. The van der Waals surface area contributed by atoms with Gasteiger partial charge in [0.2, 0.25) is 0 Å². The van der Waals surface area contributed by atoms with Crippen molar-refractivity contribution in [1.82, 2.24) is 0 Å². The third-order valence-corrected chi connectivity index (χ3v) is 0. The molecule has 44 valence electrons. The molecule has 0 fully saturated rings. The third kappa shape index (κ3) is 191. The van der Waals surface area contributed by atoms with E-state index in [1.807, 2.05) is 0 Å². The minimum Gasteiger partial charge on any atom is -0.328 e. The van der Waals surface area contributed by atoms with Crippen molar-refractivity contribution in [2.75, 3.05) is 0 Å². The van der Waals surface area contributed by atoms with E-state index in [0.29, 0.717) is 0 Å². The molecule has 2 N–H and O–H groups in total. The van der Waals surface area contributed by atoms with Gasteiger partial charge in [0.1, 0.15) is 0 Å². The number of nitroso groups, excluding NO2 is 1. The van der Waals surface area contributed by atoms with Crippen LogP contribution in [-0.4, -0.2) is 10.3 Å². The van der Waals surface area contributed by atoms with Gasteiger partial charge in [0.05, 0.1) is 0 Å². The van der Waals surface area contributed by atoms with Crippen molar-refractivity contribution in [3.8, 4) is 0 Å². The van der Waals surface area contributed by atoms with Crippen LogP contribution in [0.3, 0.4) is 0 Å². The van der Waals surface area contributed by atoms with Gasteiger partial charge in [-0.2, -0.15) is 4.91 Å². The predicted octanol–water partition coefficient (Wildman–Crippen LogP) is -0.0186. The third-order valence-electron chi connectivity index (χ3n) is 0. The van der Waals surface area contributed by atoms with Crippen molar-refractivity contribution in [2.24, 2.45) is 0 Å². The Labute approximate surface area is 51.1 Å². The van der Waals surface area contributed by atoms with Gasteiger partial charge in [-0.25, -0.2) is 0 Å². The summed E-state index contributed by atoms with van der Waals surface area (Å²) in [6.45, 7) is 0. The van der Waals surface area contributed by atoms with Gasteiger partial charge in [0.15, 0.2) is 0 Å². The van der Waals surface area contributed by atoms with Gasteiger partial charge in [-0.1, -0.05) is 5.59 Å². The summed E-state index contributed by atoms with van der Waals surface area (Å²) in [5.41, 5.74) is 4.50. The monoisotopic (exact) mass is 196 g/mol. The van der Waals surface area contributed by atoms with Crippen molar-refractivity contribution >= 4 is 0 Å². The zero-order chi connectivity index (χ0) is 5.58. The molecule has 0 amide bonds. The fourth-order valence-electron chi connectivity index (χ4n) is 0. The number of hydrogen-bond donors (Lipinski definition) is 2. The molecule has 0 bridgehead atoms. The Balaban J connectivity index is -0.0000000480. The first-order valence-corrected chi connectivity index (χ1v) is 0.769. The Morgan fingerprint density at radius 3 is 1.57 bits per heavy atom. The molecule has 0 unspecified atom stereocenters. The largest absolute Gasteiger partial charge is 0.328 e. The molecule has 7 heteroatoms. The van der Waals surface area contributed by atoms with Gasteiger partial charge in [0.25, 0.3) is 5.09 Å². The van der Waals surface area contributed by atoms with E-state index in [1.165, 1.54) is 0 Å². The molecule has 0 radical (unpaired) electrons. The number of hydrogen-bond acceptors (Lipinski definition) is 4. The van der Waals surface area contributed by atoms with Gasteiger partial charge < -0.3 is 5.21 Å². The fourth-order valence-corrected chi connectivity index (χ4v) is 0. The Hall–Kier alpha value is -0.577. The minimum atomic E-state index is -1.50. The molecule has 0 heterocycles. The first kappa shape index (κ1) is 16.1. The van der Waals surface area contributed by atoms with E-state index in [-0.39, 0.29) is 19.5 Å². The molecule has 0 rings (SSSR count). The van der Waals surface area contributed by atoms with Crippen LogP contribution in [0.5, 0.6) is 0 Å². The molecule has 0 atom stereocenters. The zero-order valence-corrected chi connectivity index (χ0v) is 4.71. The van der Waals surface area contributed by atoms with Crippen LogP contribution in [0.2, 0.25) is 0 Å². The first-order valence-electron chi connectivity index (χ1n) is 0.769. The van der Waals surface area contributed by atoms with Crippen LogP contribution in [0.1, 0.15) is 0 Å². The molecule has 0 aromatic heterocycles. The van der Waals surface area contributed by atoms with E-state index in [2.05, 4.69) is 5.59 Å². The normalized spacial score (nSPS) is 4.00. The van der Waals surface area contributed by atoms with E-state index in [0.717, 1.165) is 0 Å². The SMILES string of the molecule is N=O.O=[N+]([O-])O.[Ru]. The van der Waals surface area contributed by atoms with E-state index in [4.69, 9.17) is 20.2 Å². The van der Waals surface area contributed by atoms with E-state index in [1.54, 1.807) is 0 Å². The van der Waals surface area contributed by atoms with Crippen molar-refractivity contribution in [2.45, 2.75) is 0 Å². The fraction of sp³-hybridized carbons (Fsp3) is 0. The summed E-state index contributed by atoms with van der Waals surface area (Å²) in [5, 5.41) is 13.6. The molecular weight excluding hydrogens is 193 g/mol. The maximum absolute atomic E-state index is 8.36. The average molecular weight is 195 g/mol. The van der Waals surface area contributed by atoms with Crippen LogP contribution in [-0.2, 0) is 19.5 Å². The average Bonchev–Trinajstić information content (AvgIpc) is 1.41. The van der Waals surface area contributed by atoms with Crippen LogP contribution in [0.25, 0.3) is 0 Å². The van der Waals surface area contributed by atoms with Gasteiger partial charge in [-0.15, -0.1) is 10.1 Å². The van der Waals surface area contributed by atoms with Gasteiger partial charge in [-0.05, 0) is 0 Å². The summed E-state index contributed by atoms with van der Waals surface area (Å²) in [6, 6.07) is 0. The summed E-state index contributed by atoms with van der Waals surface area (Å²) >= 11 is 0. The van der Waals surface area contributed by atoms with Gasteiger partial charge in [0, 0.05) is 19.5 Å². The number of nitrogens with zero attached hydrogens (tertiary/aromatic N) is 1. The van der Waals surface area contributed by atoms with Crippen LogP contribution in [0.15, 0.2) is 0 Å². The number of nitrogens with one attached hydrogen (secondary N) is 1. The van der Waals surface area contributed by atoms with Crippen molar-refractivity contribution in [3.63, 3.8) is 0 Å². The molecule has 0 aliphatic heterocycles. The molecule has 0 aliphatic rings. The summed E-state index contributed by atoms with van der Waals surface area (Å²) in [7, 11) is 0. The quantitative estimate of drug-likeness (QED) is 0.245. The summed E-state index contributed by atoms with van der Waals surface area (Å²) in [4.78, 5) is 15.9. The Bertz CT molecular complexity index is 41.0. The van der Waals surface area contributed by atoms with Gasteiger partial charge >= 0.3 is 0 Å².